The van der Waals surface area contributed by atoms with E-state index in [1.165, 1.54) is 4.68 Å². The van der Waals surface area contributed by atoms with E-state index in [0.29, 0.717) is 13.1 Å². The lowest BCUT2D eigenvalue weighted by molar-refractivity contribution is 0.0529. The van der Waals surface area contributed by atoms with Crippen molar-refractivity contribution in [3.63, 3.8) is 0 Å². The molecule has 0 aromatic carbocycles. The normalized spacial score (nSPS) is 12.3. The second-order valence-electron chi connectivity index (χ2n) is 4.62. The lowest BCUT2D eigenvalue weighted by Crippen LogP contribution is -2.34. The number of amides is 1. The third-order valence-corrected chi connectivity index (χ3v) is 1.79. The van der Waals surface area contributed by atoms with Gasteiger partial charge >= 0.3 is 6.09 Å². The predicted molar refractivity (Wildman–Crippen MR) is 68.4 cm³/mol. The van der Waals surface area contributed by atoms with Gasteiger partial charge in [-0.05, 0) is 26.8 Å². The van der Waals surface area contributed by atoms with E-state index in [1.54, 1.807) is 39.2 Å². The van der Waals surface area contributed by atoms with Crippen molar-refractivity contribution in [1.29, 1.82) is 0 Å². The van der Waals surface area contributed by atoms with Crippen LogP contribution >= 0.6 is 0 Å². The molecule has 18 heavy (non-hydrogen) atoms. The van der Waals surface area contributed by atoms with Gasteiger partial charge in [-0.1, -0.05) is 0 Å². The largest absolute Gasteiger partial charge is 0.444 e. The number of aromatic nitrogens is 2. The first-order valence-corrected chi connectivity index (χ1v) is 5.65. The van der Waals surface area contributed by atoms with Crippen LogP contribution in [0.1, 0.15) is 20.8 Å². The average Bonchev–Trinajstić information content (AvgIpc) is 2.74. The Bertz CT molecular complexity index is 406. The molecule has 0 atom stereocenters. The first-order chi connectivity index (χ1) is 8.38. The fraction of sp³-hybridized carbons (Fsp3) is 0.545. The third-order valence-electron chi connectivity index (χ3n) is 1.79. The second-order valence-corrected chi connectivity index (χ2v) is 4.62. The standard InChI is InChI=1S/C11H19N5O2/c1-11(2,3)18-10(17)14-7-6-13-9(12)16-8-4-5-15-16/h4-5,8H,6-7H2,1-3H3,(H2,12,13)(H,14,17). The van der Waals surface area contributed by atoms with Crippen molar-refractivity contribution >= 4 is 12.1 Å². The van der Waals surface area contributed by atoms with Crippen molar-refractivity contribution in [3.05, 3.63) is 18.5 Å². The van der Waals surface area contributed by atoms with Gasteiger partial charge in [0, 0.05) is 18.9 Å². The maximum atomic E-state index is 11.3. The number of nitrogens with zero attached hydrogens (tertiary/aromatic N) is 3. The van der Waals surface area contributed by atoms with Crippen LogP contribution in [0.5, 0.6) is 0 Å². The molecule has 1 heterocycles. The van der Waals surface area contributed by atoms with Crippen LogP contribution in [0.3, 0.4) is 0 Å². The van der Waals surface area contributed by atoms with Crippen molar-refractivity contribution in [2.24, 2.45) is 10.7 Å². The van der Waals surface area contributed by atoms with E-state index in [4.69, 9.17) is 10.5 Å². The smallest absolute Gasteiger partial charge is 0.407 e. The van der Waals surface area contributed by atoms with Crippen LogP contribution in [-0.4, -0.2) is 40.5 Å². The van der Waals surface area contributed by atoms with Gasteiger partial charge in [0.2, 0.25) is 5.96 Å². The fourth-order valence-electron chi connectivity index (χ4n) is 1.12. The topological polar surface area (TPSA) is 94.5 Å². The molecule has 0 spiro atoms. The molecule has 100 valence electrons. The number of aliphatic imine (C=N–C) groups is 1. The minimum Gasteiger partial charge on any atom is -0.444 e. The molecule has 0 unspecified atom stereocenters. The van der Waals surface area contributed by atoms with Crippen molar-refractivity contribution in [3.8, 4) is 0 Å². The van der Waals surface area contributed by atoms with Gasteiger partial charge in [0.15, 0.2) is 0 Å². The van der Waals surface area contributed by atoms with Crippen LogP contribution in [0.25, 0.3) is 0 Å². The SMILES string of the molecule is CC(C)(C)OC(=O)NCCN=C(N)n1cccn1. The van der Waals surface area contributed by atoms with Crippen LogP contribution in [0.15, 0.2) is 23.5 Å². The molecule has 1 rings (SSSR count). The number of hydrogen-bond donors (Lipinski definition) is 2. The number of alkyl carbamates (subject to hydrolysis) is 1. The van der Waals surface area contributed by atoms with E-state index in [9.17, 15) is 4.79 Å². The van der Waals surface area contributed by atoms with Gasteiger partial charge in [-0.25, -0.2) is 14.5 Å². The molecule has 7 heteroatoms. The summed E-state index contributed by atoms with van der Waals surface area (Å²) in [7, 11) is 0. The third kappa shape index (κ3) is 5.33. The molecule has 0 radical (unpaired) electrons. The molecule has 0 aliphatic rings. The summed E-state index contributed by atoms with van der Waals surface area (Å²) in [4.78, 5) is 15.4. The zero-order valence-corrected chi connectivity index (χ0v) is 10.9. The lowest BCUT2D eigenvalue weighted by Gasteiger charge is -2.19. The molecular weight excluding hydrogens is 234 g/mol. The molecule has 1 amide bonds. The van der Waals surface area contributed by atoms with Gasteiger partial charge in [0.1, 0.15) is 5.60 Å². The first kappa shape index (κ1) is 14.0. The first-order valence-electron chi connectivity index (χ1n) is 5.65. The lowest BCUT2D eigenvalue weighted by atomic mass is 10.2. The van der Waals surface area contributed by atoms with Gasteiger partial charge in [0.05, 0.1) is 6.54 Å². The summed E-state index contributed by atoms with van der Waals surface area (Å²) < 4.78 is 6.52. The zero-order valence-electron chi connectivity index (χ0n) is 10.9. The van der Waals surface area contributed by atoms with Crippen molar-refractivity contribution in [2.45, 2.75) is 26.4 Å². The Hall–Kier alpha value is -2.05. The highest BCUT2D eigenvalue weighted by Crippen LogP contribution is 2.05. The number of hydrogen-bond acceptors (Lipinski definition) is 4. The molecule has 1 aromatic rings. The summed E-state index contributed by atoms with van der Waals surface area (Å²) in [5, 5.41) is 6.51. The van der Waals surface area contributed by atoms with E-state index in [1.807, 2.05) is 0 Å². The highest BCUT2D eigenvalue weighted by Gasteiger charge is 2.15. The highest BCUT2D eigenvalue weighted by molar-refractivity contribution is 5.79. The number of rotatable bonds is 3. The maximum absolute atomic E-state index is 11.3. The molecule has 3 N–H and O–H groups in total. The van der Waals surface area contributed by atoms with Gasteiger partial charge < -0.3 is 15.8 Å². The summed E-state index contributed by atoms with van der Waals surface area (Å²) >= 11 is 0. The van der Waals surface area contributed by atoms with Crippen LogP contribution in [-0.2, 0) is 4.74 Å². The summed E-state index contributed by atoms with van der Waals surface area (Å²) in [5.41, 5.74) is 5.17. The Morgan fingerprint density at radius 1 is 1.56 bits per heavy atom. The molecule has 0 bridgehead atoms. The molecule has 0 saturated heterocycles. The average molecular weight is 253 g/mol. The van der Waals surface area contributed by atoms with Crippen LogP contribution in [0.4, 0.5) is 4.79 Å². The van der Waals surface area contributed by atoms with Gasteiger partial charge in [0.25, 0.3) is 0 Å². The molecule has 0 fully saturated rings. The molecule has 1 aromatic heterocycles. The summed E-state index contributed by atoms with van der Waals surface area (Å²) in [6.45, 7) is 6.14. The molecule has 0 aliphatic carbocycles. The maximum Gasteiger partial charge on any atom is 0.407 e. The molecule has 0 saturated carbocycles. The van der Waals surface area contributed by atoms with Gasteiger partial charge in [-0.2, -0.15) is 5.10 Å². The van der Waals surface area contributed by atoms with Crippen LogP contribution in [0.2, 0.25) is 0 Å². The fourth-order valence-corrected chi connectivity index (χ4v) is 1.12. The van der Waals surface area contributed by atoms with E-state index >= 15 is 0 Å². The predicted octanol–water partition coefficient (Wildman–Crippen LogP) is 0.571. The summed E-state index contributed by atoms with van der Waals surface area (Å²) in [5.74, 6) is 0.283. The Morgan fingerprint density at radius 3 is 2.83 bits per heavy atom. The molecular formula is C11H19N5O2. The van der Waals surface area contributed by atoms with E-state index < -0.39 is 11.7 Å². The summed E-state index contributed by atoms with van der Waals surface area (Å²) in [6.07, 6.45) is 2.84. The van der Waals surface area contributed by atoms with Crippen molar-refractivity contribution in [1.82, 2.24) is 15.1 Å². The van der Waals surface area contributed by atoms with Crippen LogP contribution in [0, 0.1) is 0 Å². The minimum atomic E-state index is -0.499. The Balaban J connectivity index is 2.27. The number of nitrogens with one attached hydrogen (secondary N) is 1. The zero-order chi connectivity index (χ0) is 13.6. The number of carbonyl (C=O) groups is 1. The monoisotopic (exact) mass is 253 g/mol. The Morgan fingerprint density at radius 2 is 2.28 bits per heavy atom. The van der Waals surface area contributed by atoms with E-state index in [2.05, 4.69) is 15.4 Å². The highest BCUT2D eigenvalue weighted by atomic mass is 16.6. The number of ether oxygens (including phenoxy) is 1. The number of nitrogens with two attached hydrogens (primary N) is 1. The minimum absolute atomic E-state index is 0.283. The van der Waals surface area contributed by atoms with Gasteiger partial charge in [-0.15, -0.1) is 0 Å². The molecule has 7 nitrogen and oxygen atoms in total. The van der Waals surface area contributed by atoms with E-state index in [-0.39, 0.29) is 5.96 Å². The summed E-state index contributed by atoms with van der Waals surface area (Å²) in [6, 6.07) is 1.75. The molecule has 0 aliphatic heterocycles. The Labute approximate surface area is 106 Å². The Kier molecular flexibility index (Phi) is 4.70. The second kappa shape index (κ2) is 6.04. The van der Waals surface area contributed by atoms with E-state index in [0.717, 1.165) is 0 Å². The quantitative estimate of drug-likeness (QED) is 0.468. The number of carbonyl (C=O) groups excluding carboxylic acids is 1. The van der Waals surface area contributed by atoms with Crippen LogP contribution < -0.4 is 11.1 Å². The van der Waals surface area contributed by atoms with Crippen molar-refractivity contribution in [2.75, 3.05) is 13.1 Å². The van der Waals surface area contributed by atoms with Gasteiger partial charge in [-0.3, -0.25) is 0 Å². The van der Waals surface area contributed by atoms with Crippen molar-refractivity contribution < 1.29 is 9.53 Å².